The van der Waals surface area contributed by atoms with Gasteiger partial charge in [0.2, 0.25) is 11.8 Å². The van der Waals surface area contributed by atoms with Crippen LogP contribution in [0.2, 0.25) is 0 Å². The summed E-state index contributed by atoms with van der Waals surface area (Å²) < 4.78 is 35.8. The molecule has 2 atom stereocenters. The number of amides is 2. The van der Waals surface area contributed by atoms with Gasteiger partial charge in [-0.15, -0.1) is 22.0 Å². The lowest BCUT2D eigenvalue weighted by atomic mass is 9.98. The Kier molecular flexibility index (Phi) is 7.25. The Morgan fingerprint density at radius 1 is 1.29 bits per heavy atom. The number of carbonyl (C=O) groups excluding carboxylic acids is 2. The molecule has 3 heterocycles. The lowest BCUT2D eigenvalue weighted by molar-refractivity contribution is -0.150. The molecule has 1 aliphatic carbocycles. The summed E-state index contributed by atoms with van der Waals surface area (Å²) in [5.41, 5.74) is 7.65. The lowest BCUT2D eigenvalue weighted by Gasteiger charge is -2.49. The van der Waals surface area contributed by atoms with E-state index in [9.17, 15) is 27.9 Å². The predicted octanol–water partition coefficient (Wildman–Crippen LogP) is 0.241. The molecule has 1 aromatic heterocycles. The summed E-state index contributed by atoms with van der Waals surface area (Å²) >= 11 is 2.29. The first-order valence-electron chi connectivity index (χ1n) is 10.2. The molecule has 1 unspecified atom stereocenters. The molecule has 2 amide bonds. The molecule has 35 heavy (non-hydrogen) atoms. The first-order valence-corrected chi connectivity index (χ1v) is 13.9. The molecule has 1 fully saturated rings. The molecule has 0 bridgehead atoms. The highest BCUT2D eigenvalue weighted by atomic mass is 32.2. The number of aromatic nitrogens is 2. The Labute approximate surface area is 208 Å². The molecule has 13 nitrogen and oxygen atoms in total. The van der Waals surface area contributed by atoms with E-state index in [0.29, 0.717) is 24.1 Å². The van der Waals surface area contributed by atoms with Gasteiger partial charge in [-0.25, -0.2) is 4.79 Å². The molecular weight excluding hydrogens is 522 g/mol. The van der Waals surface area contributed by atoms with Crippen molar-refractivity contribution in [2.75, 3.05) is 11.5 Å². The van der Waals surface area contributed by atoms with Gasteiger partial charge in [0.05, 0.1) is 0 Å². The Bertz CT molecular complexity index is 1270. The minimum atomic E-state index is -4.34. The van der Waals surface area contributed by atoms with Gasteiger partial charge < -0.3 is 20.6 Å². The molecule has 1 aromatic rings. The highest BCUT2D eigenvalue weighted by Crippen LogP contribution is 2.41. The van der Waals surface area contributed by atoms with Crippen LogP contribution in [0.4, 0.5) is 0 Å². The van der Waals surface area contributed by atoms with Crippen molar-refractivity contribution in [3.05, 3.63) is 40.6 Å². The largest absolute Gasteiger partial charge is 0.477 e. The predicted molar refractivity (Wildman–Crippen MR) is 124 cm³/mol. The van der Waals surface area contributed by atoms with E-state index in [1.165, 1.54) is 11.8 Å². The standard InChI is InChI=1S/C19H21N5O8S3/c20-11-4-2-1-3-9(11)5-12(25)21-14-16(26)24-15(18(27)28)10(6-33-17(14)24)7-34-19-23-22-13(32-19)8-35(29,30)31/h1-2,14,17H,3-8,20H2,(H,21,25)(H,27,28)(H,29,30,31)/t14?,17-/m1/s1. The number of hydrogen-bond acceptors (Lipinski definition) is 11. The van der Waals surface area contributed by atoms with Crippen molar-refractivity contribution < 1.29 is 36.9 Å². The third kappa shape index (κ3) is 5.71. The molecule has 2 aliphatic heterocycles. The molecule has 1 saturated heterocycles. The van der Waals surface area contributed by atoms with E-state index in [2.05, 4.69) is 15.5 Å². The lowest BCUT2D eigenvalue weighted by Crippen LogP contribution is -2.70. The normalized spacial score (nSPS) is 22.2. The highest BCUT2D eigenvalue weighted by Gasteiger charge is 2.54. The van der Waals surface area contributed by atoms with E-state index in [4.69, 9.17) is 14.7 Å². The molecule has 3 aliphatic rings. The average molecular weight is 544 g/mol. The summed E-state index contributed by atoms with van der Waals surface area (Å²) in [6.45, 7) is 0. The molecular formula is C19H21N5O8S3. The SMILES string of the molecule is NC1=C(CC(=O)NC2C(=O)N3C(C(=O)O)=C(CSc4nnc(CS(=O)(=O)O)o4)CS[C@H]23)CC=CC1. The van der Waals surface area contributed by atoms with Gasteiger partial charge in [0.1, 0.15) is 17.1 Å². The summed E-state index contributed by atoms with van der Waals surface area (Å²) in [5, 5.41) is 19.1. The van der Waals surface area contributed by atoms with Gasteiger partial charge in [0.15, 0.2) is 5.75 Å². The second-order valence-electron chi connectivity index (χ2n) is 7.87. The van der Waals surface area contributed by atoms with Crippen molar-refractivity contribution >= 4 is 51.4 Å². The van der Waals surface area contributed by atoms with E-state index in [-0.39, 0.29) is 40.6 Å². The fourth-order valence-electron chi connectivity index (χ4n) is 3.77. The number of nitrogens with one attached hydrogen (secondary N) is 1. The number of hydrogen-bond donors (Lipinski definition) is 4. The van der Waals surface area contributed by atoms with Gasteiger partial charge in [-0.1, -0.05) is 23.9 Å². The fourth-order valence-corrected chi connectivity index (χ4v) is 6.46. The van der Waals surface area contributed by atoms with Crippen molar-refractivity contribution in [2.45, 2.75) is 41.7 Å². The van der Waals surface area contributed by atoms with Gasteiger partial charge >= 0.3 is 5.97 Å². The van der Waals surface area contributed by atoms with Crippen LogP contribution in [0.5, 0.6) is 0 Å². The second-order valence-corrected chi connectivity index (χ2v) is 11.4. The van der Waals surface area contributed by atoms with E-state index in [1.54, 1.807) is 0 Å². The summed E-state index contributed by atoms with van der Waals surface area (Å²) in [4.78, 5) is 38.4. The quantitative estimate of drug-likeness (QED) is 0.143. The van der Waals surface area contributed by atoms with Gasteiger partial charge in [-0.3, -0.25) is 19.0 Å². The zero-order valence-corrected chi connectivity index (χ0v) is 20.5. The van der Waals surface area contributed by atoms with Gasteiger partial charge in [-0.2, -0.15) is 8.42 Å². The van der Waals surface area contributed by atoms with Crippen LogP contribution < -0.4 is 11.1 Å². The van der Waals surface area contributed by atoms with Crippen LogP contribution in [0, 0.1) is 0 Å². The number of nitrogens with zero attached hydrogens (tertiary/aromatic N) is 3. The smallest absolute Gasteiger partial charge is 0.352 e. The number of carboxylic acid groups (broad SMARTS) is 1. The van der Waals surface area contributed by atoms with Crippen LogP contribution in [0.25, 0.3) is 0 Å². The van der Waals surface area contributed by atoms with Crippen LogP contribution in [0.3, 0.4) is 0 Å². The number of nitrogens with two attached hydrogens (primary N) is 1. The maximum atomic E-state index is 12.8. The number of rotatable bonds is 9. The molecule has 5 N–H and O–H groups in total. The fraction of sp³-hybridized carbons (Fsp3) is 0.421. The van der Waals surface area contributed by atoms with Gasteiger partial charge in [0, 0.05) is 30.0 Å². The van der Waals surface area contributed by atoms with Gasteiger partial charge in [0.25, 0.3) is 21.2 Å². The number of thioether (sulfide) groups is 2. The highest BCUT2D eigenvalue weighted by molar-refractivity contribution is 8.01. The number of fused-ring (bicyclic) bond motifs is 1. The average Bonchev–Trinajstić information content (AvgIpc) is 3.22. The summed E-state index contributed by atoms with van der Waals surface area (Å²) in [6.07, 6.45) is 5.09. The number of carbonyl (C=O) groups is 3. The van der Waals surface area contributed by atoms with E-state index < -0.39 is 39.2 Å². The van der Waals surface area contributed by atoms with Crippen molar-refractivity contribution in [3.63, 3.8) is 0 Å². The number of aliphatic carboxylic acids is 1. The summed E-state index contributed by atoms with van der Waals surface area (Å²) in [5.74, 6) is -2.92. The molecule has 0 radical (unpaired) electrons. The van der Waals surface area contributed by atoms with Gasteiger partial charge in [-0.05, 0) is 17.6 Å². The van der Waals surface area contributed by atoms with E-state index >= 15 is 0 Å². The van der Waals surface area contributed by atoms with Crippen LogP contribution in [0.1, 0.15) is 25.2 Å². The topological polar surface area (TPSA) is 206 Å². The van der Waals surface area contributed by atoms with Crippen molar-refractivity contribution in [1.82, 2.24) is 20.4 Å². The molecule has 16 heteroatoms. The number of allylic oxidation sites excluding steroid dienone is 2. The first-order chi connectivity index (χ1) is 16.5. The Hall–Kier alpha value is -2.82. The van der Waals surface area contributed by atoms with Crippen molar-refractivity contribution in [3.8, 4) is 0 Å². The van der Waals surface area contributed by atoms with E-state index in [0.717, 1.165) is 22.2 Å². The van der Waals surface area contributed by atoms with Crippen LogP contribution in [-0.4, -0.2) is 73.9 Å². The first kappa shape index (κ1) is 25.3. The van der Waals surface area contributed by atoms with Crippen LogP contribution in [-0.2, 0) is 30.3 Å². The maximum Gasteiger partial charge on any atom is 0.352 e. The Morgan fingerprint density at radius 3 is 2.71 bits per heavy atom. The Morgan fingerprint density at radius 2 is 2.03 bits per heavy atom. The van der Waals surface area contributed by atoms with E-state index in [1.807, 2.05) is 12.2 Å². The Balaban J connectivity index is 1.40. The van der Waals surface area contributed by atoms with Crippen LogP contribution in [0.15, 0.2) is 44.3 Å². The summed E-state index contributed by atoms with van der Waals surface area (Å²) in [7, 11) is -4.34. The zero-order chi connectivity index (χ0) is 25.3. The zero-order valence-electron chi connectivity index (χ0n) is 18.0. The number of carboxylic acids is 1. The number of β-lactam (4-membered cyclic amide) rings is 1. The van der Waals surface area contributed by atoms with Crippen LogP contribution >= 0.6 is 23.5 Å². The molecule has 0 spiro atoms. The monoisotopic (exact) mass is 543 g/mol. The molecule has 188 valence electrons. The maximum absolute atomic E-state index is 12.8. The molecule has 0 saturated carbocycles. The third-order valence-corrected chi connectivity index (χ3v) is 8.24. The van der Waals surface area contributed by atoms with Crippen molar-refractivity contribution in [2.24, 2.45) is 5.73 Å². The van der Waals surface area contributed by atoms with Crippen molar-refractivity contribution in [1.29, 1.82) is 0 Å². The summed E-state index contributed by atoms with van der Waals surface area (Å²) in [6, 6.07) is -0.837. The minimum absolute atomic E-state index is 0.0146. The minimum Gasteiger partial charge on any atom is -0.477 e. The third-order valence-electron chi connectivity index (χ3n) is 5.39. The molecule has 4 rings (SSSR count). The second kappa shape index (κ2) is 10.0. The molecule has 0 aromatic carbocycles.